The maximum Gasteiger partial charge on any atom is 0.254 e. The van der Waals surface area contributed by atoms with E-state index >= 15 is 0 Å². The molecule has 2 aromatic rings. The van der Waals surface area contributed by atoms with Crippen molar-refractivity contribution in [2.24, 2.45) is 5.92 Å². The predicted molar refractivity (Wildman–Crippen MR) is 126 cm³/mol. The number of rotatable bonds is 6. The summed E-state index contributed by atoms with van der Waals surface area (Å²) in [7, 11) is -3.62. The molecule has 0 atom stereocenters. The summed E-state index contributed by atoms with van der Waals surface area (Å²) in [6.07, 6.45) is 3.42. The zero-order valence-electron chi connectivity index (χ0n) is 18.6. The molecule has 1 saturated heterocycles. The van der Waals surface area contributed by atoms with E-state index in [2.05, 4.69) is 18.0 Å². The molecule has 2 aliphatic heterocycles. The second-order valence-corrected chi connectivity index (χ2v) is 10.5. The van der Waals surface area contributed by atoms with Gasteiger partial charge in [0.1, 0.15) is 0 Å². The second-order valence-electron chi connectivity index (χ2n) is 8.57. The fourth-order valence-electron chi connectivity index (χ4n) is 4.44. The molecule has 4 rings (SSSR count). The van der Waals surface area contributed by atoms with Crippen molar-refractivity contribution in [2.45, 2.75) is 30.7 Å². The van der Waals surface area contributed by atoms with Gasteiger partial charge in [-0.25, -0.2) is 8.42 Å². The van der Waals surface area contributed by atoms with Gasteiger partial charge in [-0.3, -0.25) is 9.59 Å². The number of fused-ring (bicyclic) bond motifs is 1. The topological polar surface area (TPSA) is 86.8 Å². The van der Waals surface area contributed by atoms with Crippen LogP contribution in [-0.4, -0.2) is 55.6 Å². The van der Waals surface area contributed by atoms with Gasteiger partial charge in [0.05, 0.1) is 4.90 Å². The van der Waals surface area contributed by atoms with Crippen molar-refractivity contribution >= 4 is 21.8 Å². The monoisotopic (exact) mass is 467 g/mol. The summed E-state index contributed by atoms with van der Waals surface area (Å²) in [5.41, 5.74) is 2.92. The third-order valence-corrected chi connectivity index (χ3v) is 8.39. The molecule has 7 nitrogen and oxygen atoms in total. The molecule has 2 aliphatic rings. The van der Waals surface area contributed by atoms with Gasteiger partial charge in [-0.1, -0.05) is 30.8 Å². The van der Waals surface area contributed by atoms with E-state index in [0.717, 1.165) is 12.0 Å². The molecular formula is C25H29N3O4S. The molecule has 0 unspecified atom stereocenters. The Labute approximate surface area is 195 Å². The molecule has 174 valence electrons. The van der Waals surface area contributed by atoms with Gasteiger partial charge in [0.15, 0.2) is 0 Å². The summed E-state index contributed by atoms with van der Waals surface area (Å²) in [5.74, 6) is -0.0562. The lowest BCUT2D eigenvalue weighted by Gasteiger charge is -2.31. The van der Waals surface area contributed by atoms with E-state index in [9.17, 15) is 18.0 Å². The Bertz CT molecular complexity index is 1140. The molecule has 0 radical (unpaired) electrons. The number of sulfonamides is 1. The van der Waals surface area contributed by atoms with Gasteiger partial charge in [0.25, 0.3) is 5.91 Å². The Morgan fingerprint density at radius 2 is 1.67 bits per heavy atom. The molecule has 2 heterocycles. The Balaban J connectivity index is 1.37. The third-order valence-electron chi connectivity index (χ3n) is 6.48. The summed E-state index contributed by atoms with van der Waals surface area (Å²) in [5, 5.41) is 2.78. The van der Waals surface area contributed by atoms with Crippen LogP contribution in [-0.2, 0) is 27.8 Å². The van der Waals surface area contributed by atoms with E-state index in [1.807, 2.05) is 23.1 Å². The maximum absolute atomic E-state index is 13.1. The van der Waals surface area contributed by atoms with Gasteiger partial charge in [-0.2, -0.15) is 4.31 Å². The largest absolute Gasteiger partial charge is 0.352 e. The first kappa shape index (κ1) is 23.2. The molecule has 1 N–H and O–H groups in total. The zero-order valence-corrected chi connectivity index (χ0v) is 19.4. The lowest BCUT2D eigenvalue weighted by molar-refractivity contribution is -0.116. The number of piperidine rings is 1. The number of hydrogen-bond donors (Lipinski definition) is 1. The Kier molecular flexibility index (Phi) is 6.95. The summed E-state index contributed by atoms with van der Waals surface area (Å²) >= 11 is 0. The standard InChI is InChI=1S/C25H29N3O4S/c1-2-24(29)26-17-19-11-15-28(16-12-19)33(31,32)23-9-7-21(8-10-23)25(30)27-14-13-20-5-3-4-6-22(20)18-27/h2-10,19H,1,11-18H2,(H,26,29). The van der Waals surface area contributed by atoms with Crippen LogP contribution in [0.3, 0.4) is 0 Å². The van der Waals surface area contributed by atoms with Crippen LogP contribution in [0.2, 0.25) is 0 Å². The molecule has 0 aromatic heterocycles. The predicted octanol–water partition coefficient (Wildman–Crippen LogP) is 2.59. The zero-order chi connectivity index (χ0) is 23.4. The average molecular weight is 468 g/mol. The molecule has 0 spiro atoms. The van der Waals surface area contributed by atoms with Gasteiger partial charge in [0.2, 0.25) is 15.9 Å². The molecule has 8 heteroatoms. The maximum atomic E-state index is 13.1. The first-order valence-electron chi connectivity index (χ1n) is 11.2. The lowest BCUT2D eigenvalue weighted by atomic mass is 9.98. The van der Waals surface area contributed by atoms with E-state index in [4.69, 9.17) is 0 Å². The van der Waals surface area contributed by atoms with Crippen LogP contribution in [0.15, 0.2) is 66.1 Å². The van der Waals surface area contributed by atoms with E-state index in [-0.39, 0.29) is 22.6 Å². The minimum absolute atomic E-state index is 0.0872. The highest BCUT2D eigenvalue weighted by Crippen LogP contribution is 2.25. The Morgan fingerprint density at radius 1 is 1.00 bits per heavy atom. The van der Waals surface area contributed by atoms with Crippen molar-refractivity contribution in [3.63, 3.8) is 0 Å². The smallest absolute Gasteiger partial charge is 0.254 e. The molecule has 1 fully saturated rings. The van der Waals surface area contributed by atoms with Crippen LogP contribution in [0.1, 0.15) is 34.3 Å². The van der Waals surface area contributed by atoms with Crippen molar-refractivity contribution in [1.29, 1.82) is 0 Å². The van der Waals surface area contributed by atoms with Crippen LogP contribution < -0.4 is 5.32 Å². The van der Waals surface area contributed by atoms with E-state index in [1.165, 1.54) is 28.1 Å². The van der Waals surface area contributed by atoms with Crippen molar-refractivity contribution in [3.8, 4) is 0 Å². The molecule has 33 heavy (non-hydrogen) atoms. The van der Waals surface area contributed by atoms with E-state index in [0.29, 0.717) is 51.1 Å². The van der Waals surface area contributed by atoms with Gasteiger partial charge in [-0.05, 0) is 66.6 Å². The van der Waals surface area contributed by atoms with E-state index < -0.39 is 10.0 Å². The van der Waals surface area contributed by atoms with Gasteiger partial charge >= 0.3 is 0 Å². The number of carbonyl (C=O) groups is 2. The molecule has 2 aromatic carbocycles. The summed E-state index contributed by atoms with van der Waals surface area (Å²) in [6, 6.07) is 14.4. The van der Waals surface area contributed by atoms with Crippen molar-refractivity contribution in [3.05, 3.63) is 77.9 Å². The van der Waals surface area contributed by atoms with Crippen LogP contribution >= 0.6 is 0 Å². The van der Waals surface area contributed by atoms with Crippen molar-refractivity contribution in [2.75, 3.05) is 26.2 Å². The highest BCUT2D eigenvalue weighted by molar-refractivity contribution is 7.89. The lowest BCUT2D eigenvalue weighted by Crippen LogP contribution is -2.41. The summed E-state index contributed by atoms with van der Waals surface area (Å²) < 4.78 is 27.6. The second kappa shape index (κ2) is 9.89. The highest BCUT2D eigenvalue weighted by Gasteiger charge is 2.30. The first-order chi connectivity index (χ1) is 15.9. The molecular weight excluding hydrogens is 438 g/mol. The molecule has 0 aliphatic carbocycles. The van der Waals surface area contributed by atoms with Crippen molar-refractivity contribution in [1.82, 2.24) is 14.5 Å². The molecule has 0 saturated carbocycles. The number of amides is 2. The third kappa shape index (κ3) is 5.17. The van der Waals surface area contributed by atoms with Gasteiger partial charge in [-0.15, -0.1) is 0 Å². The minimum atomic E-state index is -3.62. The van der Waals surface area contributed by atoms with Crippen LogP contribution in [0, 0.1) is 5.92 Å². The van der Waals surface area contributed by atoms with Gasteiger partial charge in [0, 0.05) is 38.3 Å². The van der Waals surface area contributed by atoms with Crippen LogP contribution in [0.5, 0.6) is 0 Å². The quantitative estimate of drug-likeness (QED) is 0.662. The highest BCUT2D eigenvalue weighted by atomic mass is 32.2. The Hall–Kier alpha value is -2.97. The minimum Gasteiger partial charge on any atom is -0.352 e. The number of nitrogens with one attached hydrogen (secondary N) is 1. The van der Waals surface area contributed by atoms with E-state index in [1.54, 1.807) is 12.1 Å². The normalized spacial score (nSPS) is 17.3. The first-order valence-corrected chi connectivity index (χ1v) is 12.7. The number of benzene rings is 2. The Morgan fingerprint density at radius 3 is 2.33 bits per heavy atom. The van der Waals surface area contributed by atoms with Gasteiger partial charge < -0.3 is 10.2 Å². The van der Waals surface area contributed by atoms with Crippen molar-refractivity contribution < 1.29 is 18.0 Å². The fraction of sp³-hybridized carbons (Fsp3) is 0.360. The average Bonchev–Trinajstić information content (AvgIpc) is 2.86. The fourth-order valence-corrected chi connectivity index (χ4v) is 5.91. The number of hydrogen-bond acceptors (Lipinski definition) is 4. The molecule has 2 amide bonds. The summed E-state index contributed by atoms with van der Waals surface area (Å²) in [4.78, 5) is 26.3. The number of carbonyl (C=O) groups excluding carboxylic acids is 2. The summed E-state index contributed by atoms with van der Waals surface area (Å²) in [6.45, 7) is 5.99. The number of nitrogens with zero attached hydrogens (tertiary/aromatic N) is 2. The SMILES string of the molecule is C=CC(=O)NCC1CCN(S(=O)(=O)c2ccc(C(=O)N3CCc4ccccc4C3)cc2)CC1. The van der Waals surface area contributed by atoms with Crippen LogP contribution in [0.4, 0.5) is 0 Å². The molecule has 0 bridgehead atoms. The van der Waals surface area contributed by atoms with Crippen LogP contribution in [0.25, 0.3) is 0 Å².